The standard InChI is InChI=1S/C7H12ClN3/c1-4-11-6(8)5-9-7(11)10(2)3/h5H,4H2,1-3H3. The zero-order valence-electron chi connectivity index (χ0n) is 7.00. The molecule has 0 radical (unpaired) electrons. The van der Waals surface area contributed by atoms with E-state index in [0.29, 0.717) is 5.15 Å². The molecule has 0 saturated heterocycles. The Kier molecular flexibility index (Phi) is 2.39. The van der Waals surface area contributed by atoms with Crippen molar-refractivity contribution in [2.24, 2.45) is 0 Å². The van der Waals surface area contributed by atoms with Crippen molar-refractivity contribution >= 4 is 17.5 Å². The largest absolute Gasteiger partial charge is 0.348 e. The fraction of sp³-hybridized carbons (Fsp3) is 0.571. The second-order valence-electron chi connectivity index (χ2n) is 2.52. The molecule has 11 heavy (non-hydrogen) atoms. The summed E-state index contributed by atoms with van der Waals surface area (Å²) < 4.78 is 1.95. The molecule has 0 aromatic carbocycles. The summed E-state index contributed by atoms with van der Waals surface area (Å²) in [6, 6.07) is 0. The van der Waals surface area contributed by atoms with Gasteiger partial charge in [0, 0.05) is 20.6 Å². The van der Waals surface area contributed by atoms with Crippen LogP contribution in [-0.2, 0) is 6.54 Å². The maximum atomic E-state index is 5.86. The van der Waals surface area contributed by atoms with Crippen molar-refractivity contribution in [3.63, 3.8) is 0 Å². The molecule has 1 aromatic heterocycles. The molecule has 0 aliphatic heterocycles. The highest BCUT2D eigenvalue weighted by Gasteiger charge is 2.06. The van der Waals surface area contributed by atoms with Gasteiger partial charge in [-0.1, -0.05) is 11.6 Å². The number of rotatable bonds is 2. The normalized spacial score (nSPS) is 10.2. The molecule has 1 heterocycles. The third-order valence-corrected chi connectivity index (χ3v) is 1.80. The van der Waals surface area contributed by atoms with Crippen molar-refractivity contribution in [2.75, 3.05) is 19.0 Å². The molecule has 0 atom stereocenters. The first-order valence-corrected chi connectivity index (χ1v) is 3.93. The Morgan fingerprint density at radius 3 is 2.64 bits per heavy atom. The summed E-state index contributed by atoms with van der Waals surface area (Å²) >= 11 is 5.86. The molecule has 1 aromatic rings. The Morgan fingerprint density at radius 2 is 2.27 bits per heavy atom. The molecule has 0 spiro atoms. The van der Waals surface area contributed by atoms with E-state index in [0.717, 1.165) is 12.5 Å². The van der Waals surface area contributed by atoms with Crippen LogP contribution in [0.5, 0.6) is 0 Å². The number of aromatic nitrogens is 2. The Bertz CT molecular complexity index is 242. The zero-order chi connectivity index (χ0) is 8.43. The van der Waals surface area contributed by atoms with Gasteiger partial charge < -0.3 is 9.47 Å². The number of imidazole rings is 1. The second kappa shape index (κ2) is 3.13. The molecular weight excluding hydrogens is 162 g/mol. The van der Waals surface area contributed by atoms with Crippen molar-refractivity contribution in [1.29, 1.82) is 0 Å². The number of halogens is 1. The van der Waals surface area contributed by atoms with Gasteiger partial charge in [0.15, 0.2) is 0 Å². The number of hydrogen-bond donors (Lipinski definition) is 0. The second-order valence-corrected chi connectivity index (χ2v) is 2.91. The van der Waals surface area contributed by atoms with E-state index < -0.39 is 0 Å². The Hall–Kier alpha value is -0.700. The van der Waals surface area contributed by atoms with Gasteiger partial charge in [-0.15, -0.1) is 0 Å². The molecule has 0 amide bonds. The molecule has 0 saturated carbocycles. The Labute approximate surface area is 71.6 Å². The van der Waals surface area contributed by atoms with Crippen LogP contribution >= 0.6 is 11.6 Å². The summed E-state index contributed by atoms with van der Waals surface area (Å²) in [6.07, 6.45) is 1.67. The topological polar surface area (TPSA) is 21.1 Å². The van der Waals surface area contributed by atoms with Gasteiger partial charge in [-0.3, -0.25) is 0 Å². The molecule has 1 rings (SSSR count). The van der Waals surface area contributed by atoms with Crippen molar-refractivity contribution in [3.05, 3.63) is 11.3 Å². The van der Waals surface area contributed by atoms with Crippen LogP contribution in [0.15, 0.2) is 6.20 Å². The number of anilines is 1. The van der Waals surface area contributed by atoms with Crippen molar-refractivity contribution in [3.8, 4) is 0 Å². The van der Waals surface area contributed by atoms with Gasteiger partial charge in [0.1, 0.15) is 5.15 Å². The van der Waals surface area contributed by atoms with E-state index in [2.05, 4.69) is 4.98 Å². The highest BCUT2D eigenvalue weighted by molar-refractivity contribution is 6.29. The lowest BCUT2D eigenvalue weighted by atomic mass is 10.7. The van der Waals surface area contributed by atoms with E-state index in [9.17, 15) is 0 Å². The first-order valence-electron chi connectivity index (χ1n) is 3.55. The summed E-state index contributed by atoms with van der Waals surface area (Å²) in [5, 5.41) is 0.691. The van der Waals surface area contributed by atoms with Gasteiger partial charge in [0.25, 0.3) is 0 Å². The summed E-state index contributed by atoms with van der Waals surface area (Å²) in [4.78, 5) is 6.08. The van der Waals surface area contributed by atoms with Gasteiger partial charge in [0.05, 0.1) is 6.20 Å². The summed E-state index contributed by atoms with van der Waals surface area (Å²) in [5.41, 5.74) is 0. The molecular formula is C7H12ClN3. The molecule has 0 fully saturated rings. The molecule has 62 valence electrons. The van der Waals surface area contributed by atoms with Crippen LogP contribution in [-0.4, -0.2) is 23.6 Å². The van der Waals surface area contributed by atoms with Crippen LogP contribution in [0.2, 0.25) is 5.15 Å². The quantitative estimate of drug-likeness (QED) is 0.678. The van der Waals surface area contributed by atoms with E-state index in [1.807, 2.05) is 30.5 Å². The van der Waals surface area contributed by atoms with Crippen LogP contribution in [0, 0.1) is 0 Å². The maximum Gasteiger partial charge on any atom is 0.206 e. The first-order chi connectivity index (χ1) is 5.16. The minimum absolute atomic E-state index is 0.691. The van der Waals surface area contributed by atoms with Crippen molar-refractivity contribution in [1.82, 2.24) is 9.55 Å². The van der Waals surface area contributed by atoms with Gasteiger partial charge in [0.2, 0.25) is 5.95 Å². The van der Waals surface area contributed by atoms with E-state index in [1.165, 1.54) is 0 Å². The van der Waals surface area contributed by atoms with Gasteiger partial charge in [-0.05, 0) is 6.92 Å². The predicted octanol–water partition coefficient (Wildman–Crippen LogP) is 1.62. The van der Waals surface area contributed by atoms with Crippen LogP contribution in [0.4, 0.5) is 5.95 Å². The lowest BCUT2D eigenvalue weighted by Crippen LogP contribution is -2.14. The van der Waals surface area contributed by atoms with Crippen molar-refractivity contribution < 1.29 is 0 Å². The third-order valence-electron chi connectivity index (χ3n) is 1.50. The highest BCUT2D eigenvalue weighted by atomic mass is 35.5. The molecule has 0 aliphatic rings. The fourth-order valence-electron chi connectivity index (χ4n) is 0.995. The van der Waals surface area contributed by atoms with Crippen LogP contribution in [0.1, 0.15) is 6.92 Å². The smallest absolute Gasteiger partial charge is 0.206 e. The highest BCUT2D eigenvalue weighted by Crippen LogP contribution is 2.16. The molecule has 0 unspecified atom stereocenters. The van der Waals surface area contributed by atoms with E-state index >= 15 is 0 Å². The minimum atomic E-state index is 0.691. The average molecular weight is 174 g/mol. The fourth-order valence-corrected chi connectivity index (χ4v) is 1.24. The summed E-state index contributed by atoms with van der Waals surface area (Å²) in [7, 11) is 3.90. The lowest BCUT2D eigenvalue weighted by molar-refractivity contribution is 0.748. The SMILES string of the molecule is CCn1c(Cl)cnc1N(C)C. The number of nitrogens with zero attached hydrogens (tertiary/aromatic N) is 3. The van der Waals surface area contributed by atoms with E-state index in [-0.39, 0.29) is 0 Å². The molecule has 4 heteroatoms. The number of hydrogen-bond acceptors (Lipinski definition) is 2. The average Bonchev–Trinajstić information content (AvgIpc) is 2.30. The molecule has 0 aliphatic carbocycles. The first kappa shape index (κ1) is 8.40. The van der Waals surface area contributed by atoms with Gasteiger partial charge >= 0.3 is 0 Å². The monoisotopic (exact) mass is 173 g/mol. The minimum Gasteiger partial charge on any atom is -0.348 e. The van der Waals surface area contributed by atoms with Crippen LogP contribution in [0.3, 0.4) is 0 Å². The van der Waals surface area contributed by atoms with Gasteiger partial charge in [-0.25, -0.2) is 4.98 Å². The Morgan fingerprint density at radius 1 is 1.64 bits per heavy atom. The third kappa shape index (κ3) is 1.48. The summed E-state index contributed by atoms with van der Waals surface area (Å²) in [5.74, 6) is 0.900. The zero-order valence-corrected chi connectivity index (χ0v) is 7.76. The van der Waals surface area contributed by atoms with E-state index in [1.54, 1.807) is 6.20 Å². The summed E-state index contributed by atoms with van der Waals surface area (Å²) in [6.45, 7) is 2.90. The van der Waals surface area contributed by atoms with Crippen molar-refractivity contribution in [2.45, 2.75) is 13.5 Å². The van der Waals surface area contributed by atoms with Crippen LogP contribution in [0.25, 0.3) is 0 Å². The van der Waals surface area contributed by atoms with Gasteiger partial charge in [-0.2, -0.15) is 0 Å². The lowest BCUT2D eigenvalue weighted by Gasteiger charge is -2.12. The predicted molar refractivity (Wildman–Crippen MR) is 47.2 cm³/mol. The molecule has 0 bridgehead atoms. The molecule has 3 nitrogen and oxygen atoms in total. The molecule has 0 N–H and O–H groups in total. The van der Waals surface area contributed by atoms with Crippen LogP contribution < -0.4 is 4.90 Å². The maximum absolute atomic E-state index is 5.86. The Balaban J connectivity index is 3.05. The van der Waals surface area contributed by atoms with E-state index in [4.69, 9.17) is 11.6 Å².